The van der Waals surface area contributed by atoms with E-state index in [0.29, 0.717) is 0 Å². The Hall–Kier alpha value is -0.810. The molecule has 1 aliphatic heterocycles. The van der Waals surface area contributed by atoms with E-state index in [4.69, 9.17) is 22.4 Å². The van der Waals surface area contributed by atoms with E-state index in [-0.39, 0.29) is 11.6 Å². The predicted octanol–water partition coefficient (Wildman–Crippen LogP) is -0.260. The highest BCUT2D eigenvalue weighted by atomic mass is 35.5. The molecule has 2 atom stereocenters. The Morgan fingerprint density at radius 1 is 2.00 bits per heavy atom. The molecule has 5 nitrogen and oxygen atoms in total. The van der Waals surface area contributed by atoms with E-state index in [2.05, 4.69) is 9.99 Å². The van der Waals surface area contributed by atoms with Gasteiger partial charge in [0.15, 0.2) is 6.10 Å². The molecule has 11 heavy (non-hydrogen) atoms. The van der Waals surface area contributed by atoms with E-state index in [1.807, 2.05) is 0 Å². The molecule has 0 spiro atoms. The van der Waals surface area contributed by atoms with Crippen LogP contribution in [0.1, 0.15) is 6.42 Å². The summed E-state index contributed by atoms with van der Waals surface area (Å²) in [6.07, 6.45) is -0.352. The van der Waals surface area contributed by atoms with Gasteiger partial charge in [0.25, 0.3) is 0 Å². The van der Waals surface area contributed by atoms with E-state index in [1.165, 1.54) is 0 Å². The van der Waals surface area contributed by atoms with Gasteiger partial charge >= 0.3 is 5.97 Å². The summed E-state index contributed by atoms with van der Waals surface area (Å²) in [6.45, 7) is 0. The van der Waals surface area contributed by atoms with Gasteiger partial charge in [-0.2, -0.15) is 0 Å². The highest BCUT2D eigenvalue weighted by Crippen LogP contribution is 2.14. The van der Waals surface area contributed by atoms with Gasteiger partial charge in [-0.1, -0.05) is 16.8 Å². The van der Waals surface area contributed by atoms with E-state index in [1.54, 1.807) is 0 Å². The normalized spacial score (nSPS) is 25.6. The fourth-order valence-corrected chi connectivity index (χ4v) is 0.909. The van der Waals surface area contributed by atoms with Crippen LogP contribution in [-0.4, -0.2) is 28.4 Å². The Kier molecular flexibility index (Phi) is 2.31. The summed E-state index contributed by atoms with van der Waals surface area (Å²) in [4.78, 5) is 14.9. The first-order chi connectivity index (χ1) is 5.11. The Labute approximate surface area is 67.8 Å². The highest BCUT2D eigenvalue weighted by Gasteiger charge is 2.30. The first-order valence-corrected chi connectivity index (χ1v) is 3.35. The van der Waals surface area contributed by atoms with Gasteiger partial charge in [0.05, 0.1) is 0 Å². The van der Waals surface area contributed by atoms with E-state index < -0.39 is 18.1 Å². The van der Waals surface area contributed by atoms with Crippen LogP contribution in [0.15, 0.2) is 5.16 Å². The summed E-state index contributed by atoms with van der Waals surface area (Å²) in [7, 11) is 0. The molecule has 1 heterocycles. The summed E-state index contributed by atoms with van der Waals surface area (Å²) >= 11 is 5.43. The molecule has 1 rings (SSSR count). The Morgan fingerprint density at radius 2 is 2.64 bits per heavy atom. The van der Waals surface area contributed by atoms with Gasteiger partial charge in [0.2, 0.25) is 0 Å². The van der Waals surface area contributed by atoms with Crippen LogP contribution in [0.4, 0.5) is 0 Å². The van der Waals surface area contributed by atoms with Crippen molar-refractivity contribution in [3.8, 4) is 0 Å². The zero-order valence-corrected chi connectivity index (χ0v) is 6.28. The maximum atomic E-state index is 10.3. The van der Waals surface area contributed by atoms with Crippen molar-refractivity contribution in [3.63, 3.8) is 0 Å². The minimum absolute atomic E-state index is 0.256. The average molecular weight is 179 g/mol. The molecule has 0 amide bonds. The number of oxime groups is 1. The standard InChI is InChI=1S/C5H7ClN2O3/c6-3-1-2(11-8-3)4(7)5(9)10/h2,4H,1,7H2,(H,9,10)/t2-,4-/m1/s1. The van der Waals surface area contributed by atoms with Crippen LogP contribution >= 0.6 is 11.6 Å². The summed E-state index contributed by atoms with van der Waals surface area (Å²) < 4.78 is 0. The van der Waals surface area contributed by atoms with Crippen molar-refractivity contribution in [1.82, 2.24) is 0 Å². The lowest BCUT2D eigenvalue weighted by atomic mass is 10.1. The second-order valence-corrected chi connectivity index (χ2v) is 2.62. The van der Waals surface area contributed by atoms with Gasteiger partial charge in [-0.3, -0.25) is 4.79 Å². The summed E-state index contributed by atoms with van der Waals surface area (Å²) in [6, 6.07) is -1.06. The van der Waals surface area contributed by atoms with Crippen LogP contribution in [0.2, 0.25) is 0 Å². The third-order valence-corrected chi connectivity index (χ3v) is 1.57. The minimum atomic E-state index is -1.11. The quantitative estimate of drug-likeness (QED) is 0.610. The van der Waals surface area contributed by atoms with E-state index in [9.17, 15) is 4.79 Å². The van der Waals surface area contributed by atoms with E-state index >= 15 is 0 Å². The molecule has 0 aromatic rings. The first-order valence-electron chi connectivity index (χ1n) is 2.98. The number of carbonyl (C=O) groups is 1. The van der Waals surface area contributed by atoms with E-state index in [0.717, 1.165) is 0 Å². The molecule has 0 saturated heterocycles. The van der Waals surface area contributed by atoms with Gasteiger partial charge in [-0.15, -0.1) is 0 Å². The second kappa shape index (κ2) is 3.06. The van der Waals surface area contributed by atoms with Crippen molar-refractivity contribution < 1.29 is 14.7 Å². The van der Waals surface area contributed by atoms with Crippen molar-refractivity contribution in [2.75, 3.05) is 0 Å². The van der Waals surface area contributed by atoms with Crippen molar-refractivity contribution in [2.24, 2.45) is 10.9 Å². The molecule has 3 N–H and O–H groups in total. The number of carboxylic acid groups (broad SMARTS) is 1. The molecule has 0 saturated carbocycles. The SMILES string of the molecule is N[C@@H](C(=O)O)[C@H]1CC(Cl)=NO1. The highest BCUT2D eigenvalue weighted by molar-refractivity contribution is 6.65. The van der Waals surface area contributed by atoms with Crippen molar-refractivity contribution >= 4 is 22.7 Å². The zero-order chi connectivity index (χ0) is 8.43. The summed E-state index contributed by atoms with van der Waals surface area (Å²) in [5.74, 6) is -1.11. The molecule has 0 bridgehead atoms. The Bertz CT molecular complexity index is 206. The molecule has 0 fully saturated rings. The molecule has 0 aromatic carbocycles. The predicted molar refractivity (Wildman–Crippen MR) is 38.4 cm³/mol. The molecule has 0 aliphatic carbocycles. The lowest BCUT2D eigenvalue weighted by Gasteiger charge is -2.11. The monoisotopic (exact) mass is 178 g/mol. The number of nitrogens with zero attached hydrogens (tertiary/aromatic N) is 1. The number of nitrogens with two attached hydrogens (primary N) is 1. The van der Waals surface area contributed by atoms with Crippen LogP contribution in [0, 0.1) is 0 Å². The third-order valence-electron chi connectivity index (χ3n) is 1.34. The number of carboxylic acids is 1. The molecule has 6 heteroatoms. The smallest absolute Gasteiger partial charge is 0.324 e. The number of hydrogen-bond donors (Lipinski definition) is 2. The van der Waals surface area contributed by atoms with Crippen LogP contribution in [-0.2, 0) is 9.63 Å². The first kappa shape index (κ1) is 8.29. The molecule has 62 valence electrons. The zero-order valence-electron chi connectivity index (χ0n) is 5.53. The topological polar surface area (TPSA) is 84.9 Å². The molecular formula is C5H7ClN2O3. The maximum absolute atomic E-state index is 10.3. The number of rotatable bonds is 2. The van der Waals surface area contributed by atoms with Crippen LogP contribution < -0.4 is 5.73 Å². The number of hydrogen-bond acceptors (Lipinski definition) is 4. The fourth-order valence-electron chi connectivity index (χ4n) is 0.717. The summed E-state index contributed by atoms with van der Waals surface area (Å²) in [5, 5.41) is 12.0. The number of aliphatic carboxylic acids is 1. The van der Waals surface area contributed by atoms with Gasteiger partial charge < -0.3 is 15.7 Å². The second-order valence-electron chi connectivity index (χ2n) is 2.18. The average Bonchev–Trinajstić information content (AvgIpc) is 2.34. The lowest BCUT2D eigenvalue weighted by Crippen LogP contribution is -2.41. The molecule has 0 unspecified atom stereocenters. The van der Waals surface area contributed by atoms with Gasteiger partial charge in [-0.05, 0) is 0 Å². The number of halogens is 1. The van der Waals surface area contributed by atoms with Gasteiger partial charge in [0, 0.05) is 6.42 Å². The Balaban J connectivity index is 2.47. The van der Waals surface area contributed by atoms with Crippen LogP contribution in [0.5, 0.6) is 0 Å². The Morgan fingerprint density at radius 3 is 3.00 bits per heavy atom. The van der Waals surface area contributed by atoms with Crippen molar-refractivity contribution in [3.05, 3.63) is 0 Å². The van der Waals surface area contributed by atoms with Crippen molar-refractivity contribution in [2.45, 2.75) is 18.6 Å². The van der Waals surface area contributed by atoms with Crippen LogP contribution in [0.3, 0.4) is 0 Å². The minimum Gasteiger partial charge on any atom is -0.480 e. The molecule has 0 aromatic heterocycles. The lowest BCUT2D eigenvalue weighted by molar-refractivity contribution is -0.141. The van der Waals surface area contributed by atoms with Gasteiger partial charge in [-0.25, -0.2) is 0 Å². The van der Waals surface area contributed by atoms with Crippen molar-refractivity contribution in [1.29, 1.82) is 0 Å². The van der Waals surface area contributed by atoms with Gasteiger partial charge in [0.1, 0.15) is 11.2 Å². The summed E-state index contributed by atoms with van der Waals surface area (Å²) in [5.41, 5.74) is 5.23. The molecule has 1 aliphatic rings. The maximum Gasteiger partial charge on any atom is 0.324 e. The van der Waals surface area contributed by atoms with Crippen LogP contribution in [0.25, 0.3) is 0 Å². The molecule has 0 radical (unpaired) electrons. The third kappa shape index (κ3) is 1.81. The fraction of sp³-hybridized carbons (Fsp3) is 0.600. The molecular weight excluding hydrogens is 172 g/mol. The largest absolute Gasteiger partial charge is 0.480 e.